The smallest absolute Gasteiger partial charge is 0.107 e. The molecule has 0 fully saturated rings. The molecule has 0 radical (unpaired) electrons. The zero-order chi connectivity index (χ0) is 11.9. The zero-order valence-corrected chi connectivity index (χ0v) is 11.5. The fourth-order valence-corrected chi connectivity index (χ4v) is 2.62. The Kier molecular flexibility index (Phi) is 5.04. The summed E-state index contributed by atoms with van der Waals surface area (Å²) in [5.74, 6) is 1.15. The monoisotopic (exact) mass is 264 g/mol. The lowest BCUT2D eigenvalue weighted by molar-refractivity contribution is 0.728. The third-order valence-electron chi connectivity index (χ3n) is 2.38. The lowest BCUT2D eigenvalue weighted by atomic mass is 10.2. The van der Waals surface area contributed by atoms with E-state index in [-0.39, 0.29) is 0 Å². The van der Waals surface area contributed by atoms with Crippen molar-refractivity contribution in [2.45, 2.75) is 6.54 Å². The quantitative estimate of drug-likeness (QED) is 0.811. The molecule has 1 aromatic heterocycles. The van der Waals surface area contributed by atoms with Gasteiger partial charge in [-0.3, -0.25) is 0 Å². The summed E-state index contributed by atoms with van der Waals surface area (Å²) in [5, 5.41) is 6.68. The highest BCUT2D eigenvalue weighted by Gasteiger charge is 2.03. The maximum absolute atomic E-state index is 4.63. The van der Waals surface area contributed by atoms with E-state index in [0.717, 1.165) is 29.5 Å². The second kappa shape index (κ2) is 6.79. The predicted molar refractivity (Wildman–Crippen MR) is 77.6 cm³/mol. The number of thiazole rings is 1. The van der Waals surface area contributed by atoms with Gasteiger partial charge in [-0.15, -0.1) is 11.3 Å². The van der Waals surface area contributed by atoms with E-state index in [9.17, 15) is 0 Å². The molecule has 0 atom stereocenters. The molecule has 1 heterocycles. The van der Waals surface area contributed by atoms with Gasteiger partial charge in [0.2, 0.25) is 0 Å². The second-order valence-corrected chi connectivity index (χ2v) is 5.59. The average molecular weight is 264 g/mol. The molecule has 2 rings (SSSR count). The van der Waals surface area contributed by atoms with Crippen molar-refractivity contribution in [3.05, 3.63) is 40.7 Å². The lowest BCUT2D eigenvalue weighted by Gasteiger charge is -1.99. The van der Waals surface area contributed by atoms with Gasteiger partial charge in [-0.25, -0.2) is 4.98 Å². The van der Waals surface area contributed by atoms with Crippen molar-refractivity contribution in [3.8, 4) is 11.3 Å². The topological polar surface area (TPSA) is 24.9 Å². The van der Waals surface area contributed by atoms with Crippen molar-refractivity contribution in [2.24, 2.45) is 0 Å². The maximum atomic E-state index is 4.63. The Morgan fingerprint density at radius 1 is 1.29 bits per heavy atom. The van der Waals surface area contributed by atoms with E-state index in [1.807, 2.05) is 30.0 Å². The third-order valence-corrected chi connectivity index (χ3v) is 3.84. The molecule has 17 heavy (non-hydrogen) atoms. The van der Waals surface area contributed by atoms with Gasteiger partial charge in [-0.1, -0.05) is 30.3 Å². The molecule has 2 nitrogen and oxygen atoms in total. The predicted octanol–water partition coefficient (Wildman–Crippen LogP) is 3.26. The molecule has 0 amide bonds. The molecule has 90 valence electrons. The average Bonchev–Trinajstić information content (AvgIpc) is 2.85. The molecule has 0 saturated carbocycles. The number of hydrogen-bond acceptors (Lipinski definition) is 4. The van der Waals surface area contributed by atoms with Gasteiger partial charge in [-0.05, 0) is 6.26 Å². The van der Waals surface area contributed by atoms with Crippen LogP contribution in [0.25, 0.3) is 11.3 Å². The normalized spacial score (nSPS) is 10.6. The highest BCUT2D eigenvalue weighted by molar-refractivity contribution is 7.98. The Labute approximate surface area is 110 Å². The molecule has 0 aliphatic carbocycles. The molecule has 4 heteroatoms. The Balaban J connectivity index is 1.92. The first kappa shape index (κ1) is 12.6. The van der Waals surface area contributed by atoms with Crippen molar-refractivity contribution in [1.82, 2.24) is 10.3 Å². The number of nitrogens with zero attached hydrogens (tertiary/aromatic N) is 1. The summed E-state index contributed by atoms with van der Waals surface area (Å²) in [6.07, 6.45) is 2.12. The van der Waals surface area contributed by atoms with E-state index < -0.39 is 0 Å². The fraction of sp³-hybridized carbons (Fsp3) is 0.308. The van der Waals surface area contributed by atoms with Gasteiger partial charge in [0.25, 0.3) is 0 Å². The van der Waals surface area contributed by atoms with Crippen LogP contribution >= 0.6 is 23.1 Å². The van der Waals surface area contributed by atoms with E-state index in [4.69, 9.17) is 0 Å². The van der Waals surface area contributed by atoms with Crippen molar-refractivity contribution in [1.29, 1.82) is 0 Å². The molecule has 1 N–H and O–H groups in total. The van der Waals surface area contributed by atoms with Crippen LogP contribution in [0.3, 0.4) is 0 Å². The van der Waals surface area contributed by atoms with Crippen LogP contribution in [0.5, 0.6) is 0 Å². The van der Waals surface area contributed by atoms with E-state index >= 15 is 0 Å². The van der Waals surface area contributed by atoms with Crippen molar-refractivity contribution >= 4 is 23.1 Å². The summed E-state index contributed by atoms with van der Waals surface area (Å²) in [5.41, 5.74) is 2.27. The van der Waals surface area contributed by atoms with Gasteiger partial charge >= 0.3 is 0 Å². The van der Waals surface area contributed by atoms with Crippen molar-refractivity contribution in [2.75, 3.05) is 18.6 Å². The zero-order valence-electron chi connectivity index (χ0n) is 9.85. The minimum Gasteiger partial charge on any atom is -0.310 e. The lowest BCUT2D eigenvalue weighted by Crippen LogP contribution is -2.16. The van der Waals surface area contributed by atoms with Crippen molar-refractivity contribution in [3.63, 3.8) is 0 Å². The van der Waals surface area contributed by atoms with E-state index in [1.54, 1.807) is 11.3 Å². The molecule has 0 aliphatic heterocycles. The largest absolute Gasteiger partial charge is 0.310 e. The molecular formula is C13H16N2S2. The van der Waals surface area contributed by atoms with Crippen LogP contribution in [-0.4, -0.2) is 23.5 Å². The van der Waals surface area contributed by atoms with Crippen LogP contribution in [0, 0.1) is 0 Å². The van der Waals surface area contributed by atoms with Crippen LogP contribution < -0.4 is 5.32 Å². The van der Waals surface area contributed by atoms with Gasteiger partial charge in [0.15, 0.2) is 0 Å². The summed E-state index contributed by atoms with van der Waals surface area (Å²) in [7, 11) is 0. The second-order valence-electron chi connectivity index (χ2n) is 3.66. The van der Waals surface area contributed by atoms with Crippen LogP contribution in [-0.2, 0) is 6.54 Å². The molecule has 1 aromatic carbocycles. The number of rotatable bonds is 6. The standard InChI is InChI=1S/C13H16N2S2/c1-16-8-7-14-9-13-15-12(10-17-13)11-5-3-2-4-6-11/h2-6,10,14H,7-9H2,1H3. The van der Waals surface area contributed by atoms with E-state index in [0.29, 0.717) is 0 Å². The van der Waals surface area contributed by atoms with Gasteiger partial charge in [0, 0.05) is 29.8 Å². The maximum Gasteiger partial charge on any atom is 0.107 e. The molecular weight excluding hydrogens is 248 g/mol. The number of nitrogens with one attached hydrogen (secondary N) is 1. The van der Waals surface area contributed by atoms with Crippen LogP contribution in [0.4, 0.5) is 0 Å². The Bertz CT molecular complexity index is 440. The summed E-state index contributed by atoms with van der Waals surface area (Å²) < 4.78 is 0. The molecule has 0 unspecified atom stereocenters. The Hall–Kier alpha value is -0.840. The SMILES string of the molecule is CSCCNCc1nc(-c2ccccc2)cs1. The van der Waals surface area contributed by atoms with E-state index in [1.165, 1.54) is 5.56 Å². The molecule has 0 saturated heterocycles. The Morgan fingerprint density at radius 2 is 2.12 bits per heavy atom. The van der Waals surface area contributed by atoms with Crippen LogP contribution in [0.15, 0.2) is 35.7 Å². The van der Waals surface area contributed by atoms with Gasteiger partial charge in [0.1, 0.15) is 5.01 Å². The molecule has 0 bridgehead atoms. The fourth-order valence-electron chi connectivity index (χ4n) is 1.50. The van der Waals surface area contributed by atoms with Crippen LogP contribution in [0.1, 0.15) is 5.01 Å². The van der Waals surface area contributed by atoms with Crippen molar-refractivity contribution < 1.29 is 0 Å². The minimum absolute atomic E-state index is 0.873. The van der Waals surface area contributed by atoms with Crippen LogP contribution in [0.2, 0.25) is 0 Å². The third kappa shape index (κ3) is 3.84. The summed E-state index contributed by atoms with van der Waals surface area (Å²) in [6, 6.07) is 10.3. The number of aromatic nitrogens is 1. The summed E-state index contributed by atoms with van der Waals surface area (Å²) in [4.78, 5) is 4.63. The number of thioether (sulfide) groups is 1. The first-order valence-corrected chi connectivity index (χ1v) is 7.87. The molecule has 0 aliphatic rings. The summed E-state index contributed by atoms with van der Waals surface area (Å²) >= 11 is 3.58. The highest BCUT2D eigenvalue weighted by Crippen LogP contribution is 2.21. The first-order valence-electron chi connectivity index (χ1n) is 5.59. The van der Waals surface area contributed by atoms with E-state index in [2.05, 4.69) is 34.1 Å². The minimum atomic E-state index is 0.873. The Morgan fingerprint density at radius 3 is 2.88 bits per heavy atom. The summed E-state index contributed by atoms with van der Waals surface area (Å²) in [6.45, 7) is 1.92. The highest BCUT2D eigenvalue weighted by atomic mass is 32.2. The van der Waals surface area contributed by atoms with Gasteiger partial charge in [0.05, 0.1) is 5.69 Å². The molecule has 0 spiro atoms. The van der Waals surface area contributed by atoms with Gasteiger partial charge in [-0.2, -0.15) is 11.8 Å². The number of hydrogen-bond donors (Lipinski definition) is 1. The van der Waals surface area contributed by atoms with Gasteiger partial charge < -0.3 is 5.32 Å². The number of benzene rings is 1. The molecule has 2 aromatic rings. The first-order chi connectivity index (χ1) is 8.40.